The fourth-order valence-electron chi connectivity index (χ4n) is 1.84. The van der Waals surface area contributed by atoms with E-state index in [-0.39, 0.29) is 17.9 Å². The molecule has 5 nitrogen and oxygen atoms in total. The van der Waals surface area contributed by atoms with Crippen LogP contribution in [0.15, 0.2) is 24.3 Å². The Morgan fingerprint density at radius 2 is 1.58 bits per heavy atom. The van der Waals surface area contributed by atoms with E-state index < -0.39 is 5.97 Å². The lowest BCUT2D eigenvalue weighted by atomic mass is 10.1. The van der Waals surface area contributed by atoms with Crippen LogP contribution in [0.2, 0.25) is 5.02 Å². The molecule has 6 heteroatoms. The lowest BCUT2D eigenvalue weighted by Gasteiger charge is -2.13. The Bertz CT molecular complexity index is 525. The zero-order valence-corrected chi connectivity index (χ0v) is 16.9. The van der Waals surface area contributed by atoms with Crippen molar-refractivity contribution in [1.82, 2.24) is 5.32 Å². The average molecular weight is 385 g/mol. The number of halogens is 1. The highest BCUT2D eigenvalue weighted by molar-refractivity contribution is 6.30. The van der Waals surface area contributed by atoms with Crippen LogP contribution in [-0.4, -0.2) is 29.1 Å². The maximum absolute atomic E-state index is 11.7. The van der Waals surface area contributed by atoms with E-state index in [4.69, 9.17) is 22.4 Å². The van der Waals surface area contributed by atoms with E-state index in [1.54, 1.807) is 24.3 Å². The van der Waals surface area contributed by atoms with E-state index in [0.29, 0.717) is 17.1 Å². The van der Waals surface area contributed by atoms with Crippen molar-refractivity contribution in [1.29, 1.82) is 0 Å². The number of hydrogen-bond acceptors (Lipinski definition) is 3. The lowest BCUT2D eigenvalue weighted by Crippen LogP contribution is -2.30. The van der Waals surface area contributed by atoms with Crippen molar-refractivity contribution in [3.63, 3.8) is 0 Å². The first-order chi connectivity index (χ1) is 12.2. The molecule has 26 heavy (non-hydrogen) atoms. The minimum atomic E-state index is -0.736. The summed E-state index contributed by atoms with van der Waals surface area (Å²) in [6.07, 6.45) is 5.86. The van der Waals surface area contributed by atoms with Crippen LogP contribution in [-0.2, 0) is 4.79 Å². The van der Waals surface area contributed by atoms with E-state index in [1.165, 1.54) is 0 Å². The number of unbranched alkanes of at least 4 members (excludes halogenated alkanes) is 4. The number of carboxylic acid groups (broad SMARTS) is 1. The van der Waals surface area contributed by atoms with Gasteiger partial charge in [-0.25, -0.2) is 0 Å². The van der Waals surface area contributed by atoms with Crippen LogP contribution in [0, 0.1) is 0 Å². The fraction of sp³-hybridized carbons (Fsp3) is 0.600. The van der Waals surface area contributed by atoms with Crippen molar-refractivity contribution in [2.75, 3.05) is 6.54 Å². The normalized spacial score (nSPS) is 10.7. The van der Waals surface area contributed by atoms with Crippen molar-refractivity contribution in [2.45, 2.75) is 71.3 Å². The van der Waals surface area contributed by atoms with Crippen molar-refractivity contribution in [3.8, 4) is 0 Å². The Balaban J connectivity index is 0.000000896. The van der Waals surface area contributed by atoms with Crippen LogP contribution >= 0.6 is 11.6 Å². The van der Waals surface area contributed by atoms with Crippen LogP contribution in [0.3, 0.4) is 0 Å². The minimum Gasteiger partial charge on any atom is -0.481 e. The standard InChI is InChI=1S/C15H20ClNO3.C5H13N/c16-13-9-7-12(8-10-13)15(20)17-11-5-3-1-2-4-6-14(18)19;1-4-5(2,3)6/h7-10H,1-6,11H2,(H,17,20)(H,18,19);4,6H2,1-3H3. The predicted octanol–water partition coefficient (Wildman–Crippen LogP) is 4.63. The molecule has 0 aliphatic rings. The highest BCUT2D eigenvalue weighted by atomic mass is 35.5. The molecule has 1 aromatic rings. The lowest BCUT2D eigenvalue weighted by molar-refractivity contribution is -0.137. The summed E-state index contributed by atoms with van der Waals surface area (Å²) >= 11 is 5.75. The Morgan fingerprint density at radius 1 is 1.08 bits per heavy atom. The molecule has 0 radical (unpaired) electrons. The average Bonchev–Trinajstić information content (AvgIpc) is 2.57. The molecule has 0 bridgehead atoms. The van der Waals surface area contributed by atoms with Gasteiger partial charge in [0.2, 0.25) is 0 Å². The number of amides is 1. The highest BCUT2D eigenvalue weighted by Crippen LogP contribution is 2.09. The summed E-state index contributed by atoms with van der Waals surface area (Å²) in [5, 5.41) is 12.0. The highest BCUT2D eigenvalue weighted by Gasteiger charge is 2.04. The van der Waals surface area contributed by atoms with Crippen LogP contribution in [0.5, 0.6) is 0 Å². The van der Waals surface area contributed by atoms with Crippen LogP contribution in [0.1, 0.15) is 76.1 Å². The zero-order valence-electron chi connectivity index (χ0n) is 16.2. The number of carbonyl (C=O) groups excluding carboxylic acids is 1. The van der Waals surface area contributed by atoms with E-state index >= 15 is 0 Å². The number of nitrogens with one attached hydrogen (secondary N) is 1. The molecule has 0 saturated heterocycles. The van der Waals surface area contributed by atoms with Crippen molar-refractivity contribution < 1.29 is 14.7 Å². The Morgan fingerprint density at radius 3 is 2.08 bits per heavy atom. The summed E-state index contributed by atoms with van der Waals surface area (Å²) in [5.74, 6) is -0.826. The molecule has 4 N–H and O–H groups in total. The molecule has 148 valence electrons. The molecular formula is C20H33ClN2O3. The Labute approximate surface area is 162 Å². The largest absolute Gasteiger partial charge is 0.481 e. The second-order valence-electron chi connectivity index (χ2n) is 7.02. The molecule has 1 amide bonds. The van der Waals surface area contributed by atoms with Crippen molar-refractivity contribution >= 4 is 23.5 Å². The van der Waals surface area contributed by atoms with Gasteiger partial charge in [0, 0.05) is 29.1 Å². The molecule has 0 unspecified atom stereocenters. The van der Waals surface area contributed by atoms with E-state index in [2.05, 4.69) is 12.2 Å². The predicted molar refractivity (Wildman–Crippen MR) is 108 cm³/mol. The fourth-order valence-corrected chi connectivity index (χ4v) is 1.96. The van der Waals surface area contributed by atoms with Gasteiger partial charge in [-0.2, -0.15) is 0 Å². The molecule has 0 aliphatic heterocycles. The van der Waals surface area contributed by atoms with Crippen molar-refractivity contribution in [3.05, 3.63) is 34.9 Å². The number of rotatable bonds is 10. The van der Waals surface area contributed by atoms with Gasteiger partial charge in [-0.15, -0.1) is 0 Å². The van der Waals surface area contributed by atoms with Gasteiger partial charge >= 0.3 is 5.97 Å². The Kier molecular flexibility index (Phi) is 12.8. The van der Waals surface area contributed by atoms with Crippen molar-refractivity contribution in [2.24, 2.45) is 5.73 Å². The number of carboxylic acids is 1. The number of hydrogen-bond donors (Lipinski definition) is 3. The first kappa shape index (κ1) is 24.4. The maximum atomic E-state index is 11.7. The van der Waals surface area contributed by atoms with Crippen LogP contribution < -0.4 is 11.1 Å². The molecule has 0 fully saturated rings. The van der Waals surface area contributed by atoms with Gasteiger partial charge in [-0.05, 0) is 57.4 Å². The van der Waals surface area contributed by atoms with Gasteiger partial charge in [0.25, 0.3) is 5.91 Å². The summed E-state index contributed by atoms with van der Waals surface area (Å²) in [6.45, 7) is 6.76. The minimum absolute atomic E-state index is 0.0417. The second kappa shape index (κ2) is 13.6. The van der Waals surface area contributed by atoms with Crippen LogP contribution in [0.4, 0.5) is 0 Å². The van der Waals surface area contributed by atoms with Gasteiger partial charge in [0.15, 0.2) is 0 Å². The van der Waals surface area contributed by atoms with Gasteiger partial charge in [0.1, 0.15) is 0 Å². The third-order valence-corrected chi connectivity index (χ3v) is 4.12. The van der Waals surface area contributed by atoms with Gasteiger partial charge in [-0.1, -0.05) is 37.8 Å². The van der Waals surface area contributed by atoms with E-state index in [9.17, 15) is 9.59 Å². The molecule has 0 aromatic heterocycles. The number of carbonyl (C=O) groups is 2. The summed E-state index contributed by atoms with van der Waals surface area (Å²) < 4.78 is 0. The number of benzene rings is 1. The topological polar surface area (TPSA) is 92.4 Å². The second-order valence-corrected chi connectivity index (χ2v) is 7.45. The Hall–Kier alpha value is -1.59. The summed E-state index contributed by atoms with van der Waals surface area (Å²) in [6, 6.07) is 6.78. The molecule has 0 aliphatic carbocycles. The summed E-state index contributed by atoms with van der Waals surface area (Å²) in [4.78, 5) is 22.1. The molecule has 0 heterocycles. The molecular weight excluding hydrogens is 352 g/mol. The molecule has 1 rings (SSSR count). The summed E-state index contributed by atoms with van der Waals surface area (Å²) in [5.41, 5.74) is 6.18. The quantitative estimate of drug-likeness (QED) is 0.513. The molecule has 0 saturated carbocycles. The monoisotopic (exact) mass is 384 g/mol. The third-order valence-electron chi connectivity index (χ3n) is 3.87. The van der Waals surface area contributed by atoms with Gasteiger partial charge in [0.05, 0.1) is 0 Å². The maximum Gasteiger partial charge on any atom is 0.303 e. The zero-order chi connectivity index (χ0) is 20.0. The van der Waals surface area contributed by atoms with E-state index in [0.717, 1.165) is 38.5 Å². The smallest absolute Gasteiger partial charge is 0.303 e. The number of aliphatic carboxylic acids is 1. The molecule has 0 atom stereocenters. The van der Waals surface area contributed by atoms with E-state index in [1.807, 2.05) is 13.8 Å². The van der Waals surface area contributed by atoms with Gasteiger partial charge in [-0.3, -0.25) is 9.59 Å². The molecule has 1 aromatic carbocycles. The first-order valence-corrected chi connectivity index (χ1v) is 9.58. The number of nitrogens with two attached hydrogens (primary N) is 1. The molecule has 0 spiro atoms. The SMILES string of the molecule is CCC(C)(C)N.O=C(O)CCCCCCCNC(=O)c1ccc(Cl)cc1. The first-order valence-electron chi connectivity index (χ1n) is 9.20. The summed E-state index contributed by atoms with van der Waals surface area (Å²) in [7, 11) is 0. The third kappa shape index (κ3) is 14.7. The van der Waals surface area contributed by atoms with Gasteiger partial charge < -0.3 is 16.2 Å². The van der Waals surface area contributed by atoms with Crippen LogP contribution in [0.25, 0.3) is 0 Å².